The van der Waals surface area contributed by atoms with Crippen molar-refractivity contribution in [2.24, 2.45) is 5.92 Å². The van der Waals surface area contributed by atoms with Crippen LogP contribution in [0.5, 0.6) is 5.75 Å². The van der Waals surface area contributed by atoms with Crippen LogP contribution in [0.3, 0.4) is 0 Å². The number of benzene rings is 1. The number of nitrogens with one attached hydrogen (secondary N) is 1. The standard InChI is InChI=1S/C19H25N3O2S.2ClH/c1-20-9-6-15-7-10-22(11-8-15)19(23)17-4-2-3-5-18(17)24-12-16-13-25-14-21-16;;/h2-5,13-15,20H,6-12H2,1H3;2*1H. The molecule has 1 saturated heterocycles. The number of halogens is 2. The second-order valence-electron chi connectivity index (χ2n) is 6.39. The lowest BCUT2D eigenvalue weighted by Crippen LogP contribution is -2.39. The third-order valence-corrected chi connectivity index (χ3v) is 5.32. The maximum absolute atomic E-state index is 12.9. The number of hydrogen-bond donors (Lipinski definition) is 1. The van der Waals surface area contributed by atoms with Gasteiger partial charge in [0.15, 0.2) is 0 Å². The number of hydrogen-bond acceptors (Lipinski definition) is 5. The van der Waals surface area contributed by atoms with Gasteiger partial charge in [0.1, 0.15) is 12.4 Å². The monoisotopic (exact) mass is 431 g/mol. The molecule has 5 nitrogen and oxygen atoms in total. The highest BCUT2D eigenvalue weighted by molar-refractivity contribution is 7.07. The lowest BCUT2D eigenvalue weighted by atomic mass is 9.93. The summed E-state index contributed by atoms with van der Waals surface area (Å²) >= 11 is 1.54. The first-order valence-electron chi connectivity index (χ1n) is 8.80. The molecule has 1 aliphatic heterocycles. The molecule has 0 radical (unpaired) electrons. The van der Waals surface area contributed by atoms with Crippen molar-refractivity contribution in [3.05, 3.63) is 46.4 Å². The largest absolute Gasteiger partial charge is 0.486 e. The zero-order valence-corrected chi connectivity index (χ0v) is 17.9. The van der Waals surface area contributed by atoms with Gasteiger partial charge < -0.3 is 15.0 Å². The zero-order chi connectivity index (χ0) is 17.5. The highest BCUT2D eigenvalue weighted by Crippen LogP contribution is 2.25. The number of carbonyl (C=O) groups is 1. The fraction of sp³-hybridized carbons (Fsp3) is 0.474. The summed E-state index contributed by atoms with van der Waals surface area (Å²) in [6.07, 6.45) is 3.34. The molecule has 1 aromatic heterocycles. The summed E-state index contributed by atoms with van der Waals surface area (Å²) in [5.41, 5.74) is 3.32. The van der Waals surface area contributed by atoms with E-state index in [1.807, 2.05) is 41.6 Å². The molecule has 3 rings (SSSR count). The Balaban J connectivity index is 0.00000182. The van der Waals surface area contributed by atoms with Crippen molar-refractivity contribution in [1.82, 2.24) is 15.2 Å². The average molecular weight is 432 g/mol. The average Bonchev–Trinajstić information content (AvgIpc) is 3.18. The SMILES string of the molecule is CNCCC1CCN(C(=O)c2ccccc2OCc2cscn2)CC1.Cl.Cl. The molecule has 2 aromatic rings. The van der Waals surface area contributed by atoms with Crippen molar-refractivity contribution in [2.45, 2.75) is 25.9 Å². The van der Waals surface area contributed by atoms with Crippen LogP contribution < -0.4 is 10.1 Å². The van der Waals surface area contributed by atoms with E-state index in [-0.39, 0.29) is 30.7 Å². The van der Waals surface area contributed by atoms with Crippen LogP contribution in [-0.4, -0.2) is 42.5 Å². The van der Waals surface area contributed by atoms with Crippen LogP contribution >= 0.6 is 36.2 Å². The summed E-state index contributed by atoms with van der Waals surface area (Å²) in [5, 5.41) is 5.17. The van der Waals surface area contributed by atoms with Gasteiger partial charge >= 0.3 is 0 Å². The normalized spacial score (nSPS) is 14.2. The number of amides is 1. The minimum absolute atomic E-state index is 0. The van der Waals surface area contributed by atoms with Gasteiger partial charge in [-0.2, -0.15) is 0 Å². The van der Waals surface area contributed by atoms with E-state index in [0.717, 1.165) is 38.2 Å². The first-order chi connectivity index (χ1) is 12.3. The van der Waals surface area contributed by atoms with E-state index in [0.29, 0.717) is 23.8 Å². The van der Waals surface area contributed by atoms with E-state index in [4.69, 9.17) is 4.74 Å². The quantitative estimate of drug-likeness (QED) is 0.718. The third kappa shape index (κ3) is 6.64. The molecule has 1 aromatic carbocycles. The Hall–Kier alpha value is -1.34. The summed E-state index contributed by atoms with van der Waals surface area (Å²) in [6, 6.07) is 7.50. The predicted molar refractivity (Wildman–Crippen MR) is 115 cm³/mol. The van der Waals surface area contributed by atoms with Crippen LogP contribution in [0.25, 0.3) is 0 Å². The van der Waals surface area contributed by atoms with Gasteiger partial charge in [0, 0.05) is 18.5 Å². The fourth-order valence-corrected chi connectivity index (χ4v) is 3.72. The highest BCUT2D eigenvalue weighted by atomic mass is 35.5. The van der Waals surface area contributed by atoms with Gasteiger partial charge in [-0.25, -0.2) is 4.98 Å². The minimum atomic E-state index is 0. The van der Waals surface area contributed by atoms with Crippen molar-refractivity contribution in [2.75, 3.05) is 26.7 Å². The van der Waals surface area contributed by atoms with E-state index >= 15 is 0 Å². The Labute approximate surface area is 177 Å². The van der Waals surface area contributed by atoms with Gasteiger partial charge in [-0.05, 0) is 50.9 Å². The summed E-state index contributed by atoms with van der Waals surface area (Å²) in [4.78, 5) is 19.1. The van der Waals surface area contributed by atoms with E-state index in [1.54, 1.807) is 16.8 Å². The highest BCUT2D eigenvalue weighted by Gasteiger charge is 2.25. The first kappa shape index (κ1) is 23.7. The Kier molecular flexibility index (Phi) is 10.7. The van der Waals surface area contributed by atoms with Gasteiger partial charge in [0.05, 0.1) is 16.8 Å². The van der Waals surface area contributed by atoms with E-state index < -0.39 is 0 Å². The Morgan fingerprint density at radius 2 is 2.04 bits per heavy atom. The van der Waals surface area contributed by atoms with Gasteiger partial charge in [0.25, 0.3) is 5.91 Å². The smallest absolute Gasteiger partial charge is 0.257 e. The molecule has 0 bridgehead atoms. The molecule has 0 aliphatic carbocycles. The maximum atomic E-state index is 12.9. The molecule has 1 aliphatic rings. The van der Waals surface area contributed by atoms with E-state index in [2.05, 4.69) is 10.3 Å². The number of carbonyl (C=O) groups excluding carboxylic acids is 1. The van der Waals surface area contributed by atoms with Crippen LogP contribution in [0.15, 0.2) is 35.2 Å². The van der Waals surface area contributed by atoms with Gasteiger partial charge in [-0.15, -0.1) is 36.2 Å². The Bertz CT molecular complexity index is 677. The van der Waals surface area contributed by atoms with Crippen molar-refractivity contribution < 1.29 is 9.53 Å². The Morgan fingerprint density at radius 3 is 2.70 bits per heavy atom. The van der Waals surface area contributed by atoms with Crippen LogP contribution in [0.1, 0.15) is 35.3 Å². The molecule has 27 heavy (non-hydrogen) atoms. The Morgan fingerprint density at radius 1 is 1.30 bits per heavy atom. The predicted octanol–water partition coefficient (Wildman–Crippen LogP) is 4.03. The third-order valence-electron chi connectivity index (χ3n) is 4.68. The van der Waals surface area contributed by atoms with E-state index in [9.17, 15) is 4.79 Å². The van der Waals surface area contributed by atoms with Gasteiger partial charge in [-0.3, -0.25) is 4.79 Å². The minimum Gasteiger partial charge on any atom is -0.486 e. The molecule has 0 saturated carbocycles. The topological polar surface area (TPSA) is 54.5 Å². The molecular formula is C19H27Cl2N3O2S. The van der Waals surface area contributed by atoms with Crippen molar-refractivity contribution in [3.8, 4) is 5.75 Å². The number of thiazole rings is 1. The summed E-state index contributed by atoms with van der Waals surface area (Å²) in [6.45, 7) is 3.09. The molecule has 2 heterocycles. The lowest BCUT2D eigenvalue weighted by Gasteiger charge is -2.32. The van der Waals surface area contributed by atoms with E-state index in [1.165, 1.54) is 6.42 Å². The van der Waals surface area contributed by atoms with Gasteiger partial charge in [0.2, 0.25) is 0 Å². The maximum Gasteiger partial charge on any atom is 0.257 e. The van der Waals surface area contributed by atoms with Crippen LogP contribution in [0.4, 0.5) is 0 Å². The fourth-order valence-electron chi connectivity index (χ4n) is 3.17. The number of nitrogens with zero attached hydrogens (tertiary/aromatic N) is 2. The molecular weight excluding hydrogens is 405 g/mol. The molecule has 150 valence electrons. The number of rotatable bonds is 7. The van der Waals surface area contributed by atoms with Gasteiger partial charge in [-0.1, -0.05) is 12.1 Å². The molecule has 8 heteroatoms. The summed E-state index contributed by atoms with van der Waals surface area (Å²) in [7, 11) is 1.99. The number of para-hydroxylation sites is 1. The molecule has 1 N–H and O–H groups in total. The van der Waals surface area contributed by atoms with Crippen molar-refractivity contribution in [3.63, 3.8) is 0 Å². The lowest BCUT2D eigenvalue weighted by molar-refractivity contribution is 0.0682. The van der Waals surface area contributed by atoms with Crippen molar-refractivity contribution >= 4 is 42.1 Å². The molecule has 0 atom stereocenters. The molecule has 0 spiro atoms. The first-order valence-corrected chi connectivity index (χ1v) is 9.75. The second-order valence-corrected chi connectivity index (χ2v) is 7.11. The molecule has 1 amide bonds. The van der Waals surface area contributed by atoms with Crippen LogP contribution in [0.2, 0.25) is 0 Å². The van der Waals surface area contributed by atoms with Crippen LogP contribution in [-0.2, 0) is 6.61 Å². The summed E-state index contributed by atoms with van der Waals surface area (Å²) in [5.74, 6) is 1.42. The van der Waals surface area contributed by atoms with Crippen LogP contribution in [0, 0.1) is 5.92 Å². The zero-order valence-electron chi connectivity index (χ0n) is 15.4. The number of ether oxygens (including phenoxy) is 1. The number of likely N-dealkylation sites (tertiary alicyclic amines) is 1. The second kappa shape index (κ2) is 12.2. The number of aromatic nitrogens is 1. The van der Waals surface area contributed by atoms with Crippen molar-refractivity contribution in [1.29, 1.82) is 0 Å². The number of piperidine rings is 1. The summed E-state index contributed by atoms with van der Waals surface area (Å²) < 4.78 is 5.86. The molecule has 1 fully saturated rings. The molecule has 0 unspecified atom stereocenters.